The Hall–Kier alpha value is -1.72. The minimum absolute atomic E-state index is 0.0725. The second-order valence-corrected chi connectivity index (χ2v) is 2.86. The van der Waals surface area contributed by atoms with E-state index in [1.165, 1.54) is 0 Å². The van der Waals surface area contributed by atoms with Crippen LogP contribution in [0.3, 0.4) is 0 Å². The lowest BCUT2D eigenvalue weighted by Gasteiger charge is -2.02. The fourth-order valence-corrected chi connectivity index (χ4v) is 1.05. The molecule has 96 valence electrons. The molecule has 0 aliphatic carbocycles. The second-order valence-electron chi connectivity index (χ2n) is 2.86. The third kappa shape index (κ3) is 4.76. The molecule has 0 fully saturated rings. The van der Waals surface area contributed by atoms with Crippen LogP contribution in [0.2, 0.25) is 0 Å². The van der Waals surface area contributed by atoms with E-state index in [9.17, 15) is 18.1 Å². The van der Waals surface area contributed by atoms with Crippen LogP contribution in [0.5, 0.6) is 5.75 Å². The minimum atomic E-state index is -1.13. The predicted molar refractivity (Wildman–Crippen MR) is 54.9 cm³/mol. The molecule has 1 aromatic carbocycles. The Morgan fingerprint density at radius 2 is 1.76 bits per heavy atom. The summed E-state index contributed by atoms with van der Waals surface area (Å²) in [6.07, 6.45) is -0.406. The number of carbonyl (C=O) groups is 1. The molecule has 0 aliphatic rings. The van der Waals surface area contributed by atoms with Crippen LogP contribution >= 0.6 is 0 Å². The average Bonchev–Trinajstić information content (AvgIpc) is 2.35. The number of hydrogen-bond donors (Lipinski definition) is 1. The number of phenols is 1. The molecule has 0 atom stereocenters. The molecule has 0 radical (unpaired) electrons. The van der Waals surface area contributed by atoms with E-state index in [1.54, 1.807) is 0 Å². The lowest BCUT2D eigenvalue weighted by Crippen LogP contribution is -2.00. The summed E-state index contributed by atoms with van der Waals surface area (Å²) in [5, 5.41) is 8.75. The molecule has 1 aromatic rings. The Labute approximate surface area is 96.7 Å². The average molecular weight is 250 g/mol. The summed E-state index contributed by atoms with van der Waals surface area (Å²) < 4.78 is 36.8. The molecule has 17 heavy (non-hydrogen) atoms. The molecule has 0 bridgehead atoms. The van der Waals surface area contributed by atoms with E-state index in [2.05, 4.69) is 4.94 Å². The van der Waals surface area contributed by atoms with Gasteiger partial charge in [-0.15, -0.1) is 0 Å². The van der Waals surface area contributed by atoms with Gasteiger partial charge in [-0.1, -0.05) is 13.8 Å². The molecule has 0 saturated carbocycles. The van der Waals surface area contributed by atoms with Crippen LogP contribution in [0.4, 0.5) is 13.3 Å². The SMILES string of the molecule is CC.O=C(CCc1cc(F)c(O)c(F)c1)OF. The number of rotatable bonds is 3. The summed E-state index contributed by atoms with van der Waals surface area (Å²) in [6, 6.07) is 1.73. The first-order valence-electron chi connectivity index (χ1n) is 5.03. The van der Waals surface area contributed by atoms with Crippen molar-refractivity contribution in [1.29, 1.82) is 0 Å². The van der Waals surface area contributed by atoms with E-state index in [-0.39, 0.29) is 18.4 Å². The van der Waals surface area contributed by atoms with E-state index < -0.39 is 23.4 Å². The molecule has 0 unspecified atom stereocenters. The third-order valence-electron chi connectivity index (χ3n) is 1.78. The van der Waals surface area contributed by atoms with Gasteiger partial charge in [0.25, 0.3) is 0 Å². The number of aryl methyl sites for hydroxylation is 1. The van der Waals surface area contributed by atoms with Crippen molar-refractivity contribution in [2.45, 2.75) is 26.7 Å². The van der Waals surface area contributed by atoms with Crippen LogP contribution in [0, 0.1) is 11.6 Å². The molecule has 3 nitrogen and oxygen atoms in total. The van der Waals surface area contributed by atoms with Crippen LogP contribution in [0.25, 0.3) is 0 Å². The van der Waals surface area contributed by atoms with Gasteiger partial charge in [0, 0.05) is 4.53 Å². The Balaban J connectivity index is 0.00000121. The van der Waals surface area contributed by atoms with Crippen molar-refractivity contribution in [1.82, 2.24) is 0 Å². The van der Waals surface area contributed by atoms with Crippen LogP contribution in [-0.4, -0.2) is 11.1 Å². The second kappa shape index (κ2) is 7.54. The van der Waals surface area contributed by atoms with E-state index in [4.69, 9.17) is 5.11 Å². The van der Waals surface area contributed by atoms with Crippen molar-refractivity contribution in [2.24, 2.45) is 0 Å². The van der Waals surface area contributed by atoms with Gasteiger partial charge < -0.3 is 5.11 Å². The van der Waals surface area contributed by atoms with Crippen molar-refractivity contribution >= 4 is 5.97 Å². The number of phenolic OH excluding ortho intramolecular Hbond substituents is 1. The molecule has 0 aliphatic heterocycles. The molecular weight excluding hydrogens is 237 g/mol. The first kappa shape index (κ1) is 15.3. The normalized spacial score (nSPS) is 9.24. The summed E-state index contributed by atoms with van der Waals surface area (Å²) in [4.78, 5) is 13.3. The molecule has 0 aromatic heterocycles. The smallest absolute Gasteiger partial charge is 0.349 e. The maximum Gasteiger partial charge on any atom is 0.349 e. The highest BCUT2D eigenvalue weighted by Crippen LogP contribution is 2.22. The summed E-state index contributed by atoms with van der Waals surface area (Å²) in [6.45, 7) is 4.00. The van der Waals surface area contributed by atoms with Gasteiger partial charge in [0.2, 0.25) is 0 Å². The Bertz CT molecular complexity index is 357. The molecule has 6 heteroatoms. The van der Waals surface area contributed by atoms with E-state index in [0.29, 0.717) is 0 Å². The summed E-state index contributed by atoms with van der Waals surface area (Å²) in [5.41, 5.74) is 0.133. The van der Waals surface area contributed by atoms with Gasteiger partial charge in [-0.05, 0) is 24.1 Å². The van der Waals surface area contributed by atoms with Crippen molar-refractivity contribution in [3.8, 4) is 5.75 Å². The maximum absolute atomic E-state index is 12.8. The van der Waals surface area contributed by atoms with Crippen molar-refractivity contribution in [2.75, 3.05) is 0 Å². The number of hydrogen-bond acceptors (Lipinski definition) is 3. The fourth-order valence-electron chi connectivity index (χ4n) is 1.05. The summed E-state index contributed by atoms with van der Waals surface area (Å²) in [5.74, 6) is -4.45. The maximum atomic E-state index is 12.8. The van der Waals surface area contributed by atoms with Gasteiger partial charge in [0.05, 0.1) is 6.42 Å². The van der Waals surface area contributed by atoms with E-state index in [0.717, 1.165) is 12.1 Å². The lowest BCUT2D eigenvalue weighted by molar-refractivity contribution is -0.183. The van der Waals surface area contributed by atoms with Crippen LogP contribution < -0.4 is 0 Å². The van der Waals surface area contributed by atoms with Gasteiger partial charge in [0.1, 0.15) is 0 Å². The molecule has 1 rings (SSSR count). The molecule has 0 spiro atoms. The van der Waals surface area contributed by atoms with Crippen molar-refractivity contribution < 1.29 is 28.1 Å². The summed E-state index contributed by atoms with van der Waals surface area (Å²) in [7, 11) is 0. The van der Waals surface area contributed by atoms with Gasteiger partial charge in [-0.2, -0.15) is 0 Å². The lowest BCUT2D eigenvalue weighted by atomic mass is 10.1. The topological polar surface area (TPSA) is 46.5 Å². The molecule has 0 heterocycles. The first-order chi connectivity index (χ1) is 8.04. The summed E-state index contributed by atoms with van der Waals surface area (Å²) >= 11 is 0. The van der Waals surface area contributed by atoms with Crippen LogP contribution in [0.15, 0.2) is 12.1 Å². The zero-order chi connectivity index (χ0) is 13.4. The van der Waals surface area contributed by atoms with Gasteiger partial charge in [0.15, 0.2) is 17.4 Å². The zero-order valence-corrected chi connectivity index (χ0v) is 9.47. The number of halogens is 3. The quantitative estimate of drug-likeness (QED) is 0.896. The fraction of sp³-hybridized carbons (Fsp3) is 0.364. The first-order valence-corrected chi connectivity index (χ1v) is 5.03. The Morgan fingerprint density at radius 1 is 1.29 bits per heavy atom. The molecule has 1 N–H and O–H groups in total. The highest BCUT2D eigenvalue weighted by atomic mass is 19.3. The van der Waals surface area contributed by atoms with Crippen molar-refractivity contribution in [3.63, 3.8) is 0 Å². The monoisotopic (exact) mass is 250 g/mol. The standard InChI is InChI=1S/C9H7F3O3.C2H6/c10-6-3-5(1-2-8(13)15-12)4-7(11)9(6)14;1-2/h3-4,14H,1-2H2;1-2H3. The number of benzene rings is 1. The third-order valence-corrected chi connectivity index (χ3v) is 1.78. The Kier molecular flexibility index (Phi) is 6.77. The number of carbonyl (C=O) groups excluding carboxylic acids is 1. The van der Waals surface area contributed by atoms with E-state index in [1.807, 2.05) is 13.8 Å². The zero-order valence-electron chi connectivity index (χ0n) is 9.47. The Morgan fingerprint density at radius 3 is 2.18 bits per heavy atom. The van der Waals surface area contributed by atoms with Gasteiger partial charge >= 0.3 is 5.97 Å². The highest BCUT2D eigenvalue weighted by molar-refractivity contribution is 5.68. The molecule has 0 saturated heterocycles. The van der Waals surface area contributed by atoms with E-state index >= 15 is 0 Å². The highest BCUT2D eigenvalue weighted by Gasteiger charge is 2.11. The largest absolute Gasteiger partial charge is 0.503 e. The minimum Gasteiger partial charge on any atom is -0.503 e. The van der Waals surface area contributed by atoms with Gasteiger partial charge in [-0.3, -0.25) is 4.94 Å². The molecular formula is C11H13F3O3. The number of aromatic hydroxyl groups is 1. The van der Waals surface area contributed by atoms with Crippen LogP contribution in [-0.2, 0) is 16.2 Å². The van der Waals surface area contributed by atoms with Crippen molar-refractivity contribution in [3.05, 3.63) is 29.3 Å². The van der Waals surface area contributed by atoms with Gasteiger partial charge in [-0.25, -0.2) is 13.6 Å². The molecule has 0 amide bonds. The predicted octanol–water partition coefficient (Wildman–Crippen LogP) is 3.06. The van der Waals surface area contributed by atoms with Crippen LogP contribution in [0.1, 0.15) is 25.8 Å².